The minimum Gasteiger partial charge on any atom is -0.468 e. The summed E-state index contributed by atoms with van der Waals surface area (Å²) in [4.78, 5) is 15.7. The van der Waals surface area contributed by atoms with E-state index < -0.39 is 16.9 Å². The van der Waals surface area contributed by atoms with E-state index >= 15 is 0 Å². The number of nitrogens with one attached hydrogen (secondary N) is 1. The molecule has 5 nitrogen and oxygen atoms in total. The average molecular weight is 352 g/mol. The molecule has 0 aromatic heterocycles. The Morgan fingerprint density at radius 1 is 1.42 bits per heavy atom. The first-order valence-electron chi connectivity index (χ1n) is 9.64. The molecule has 1 saturated carbocycles. The zero-order valence-electron chi connectivity index (χ0n) is 15.1. The molecule has 5 heterocycles. The summed E-state index contributed by atoms with van der Waals surface area (Å²) in [6, 6.07) is 8.89. The van der Waals surface area contributed by atoms with Crippen molar-refractivity contribution in [2.75, 3.05) is 19.0 Å². The standard InChI is InChI=1S/C21H24N2O3/c1-3-11-10-23-15-8-13(11)21(19(25)26-2)16(23)9-20(18(21)24)12-6-4-5-7-14(12)22-17(15)20/h3-7,13,15-18,22,24H,8-10H2,1-2H3/b11-3-/t13-,15-,16-,17+,18-,20+,21-/m0/s1. The second-order valence-corrected chi connectivity index (χ2v) is 8.65. The van der Waals surface area contributed by atoms with Crippen LogP contribution in [0.5, 0.6) is 0 Å². The summed E-state index contributed by atoms with van der Waals surface area (Å²) >= 11 is 0. The van der Waals surface area contributed by atoms with Crippen molar-refractivity contribution in [1.29, 1.82) is 0 Å². The van der Waals surface area contributed by atoms with Gasteiger partial charge in [-0.3, -0.25) is 9.69 Å². The van der Waals surface area contributed by atoms with E-state index in [1.165, 1.54) is 18.2 Å². The third-order valence-electron chi connectivity index (χ3n) is 8.30. The first-order chi connectivity index (χ1) is 12.6. The lowest BCUT2D eigenvalue weighted by molar-refractivity contribution is -0.179. The van der Waals surface area contributed by atoms with Crippen molar-refractivity contribution >= 4 is 11.7 Å². The molecule has 26 heavy (non-hydrogen) atoms. The van der Waals surface area contributed by atoms with Gasteiger partial charge >= 0.3 is 5.97 Å². The minimum atomic E-state index is -0.848. The lowest BCUT2D eigenvalue weighted by atomic mass is 9.58. The summed E-state index contributed by atoms with van der Waals surface area (Å²) in [5, 5.41) is 15.6. The molecule has 136 valence electrons. The SMILES string of the molecule is C/C=C1/CN2[C@H]3C[C@@]45c6ccccc6N[C@@H]4[C@@H]2C[C@@H]1[C@@]3(C(=O)OC)[C@H]5O. The molecule has 4 saturated heterocycles. The Kier molecular flexibility index (Phi) is 2.65. The van der Waals surface area contributed by atoms with Crippen LogP contribution in [0, 0.1) is 11.3 Å². The van der Waals surface area contributed by atoms with Crippen molar-refractivity contribution in [2.45, 2.75) is 49.4 Å². The van der Waals surface area contributed by atoms with Gasteiger partial charge < -0.3 is 15.2 Å². The van der Waals surface area contributed by atoms with Crippen LogP contribution < -0.4 is 5.32 Å². The molecule has 5 fully saturated rings. The number of rotatable bonds is 1. The second kappa shape index (κ2) is 4.52. The summed E-state index contributed by atoms with van der Waals surface area (Å²) in [7, 11) is 1.46. The van der Waals surface area contributed by atoms with Crippen molar-refractivity contribution in [1.82, 2.24) is 4.90 Å². The summed E-state index contributed by atoms with van der Waals surface area (Å²) in [5.41, 5.74) is 2.34. The fourth-order valence-electron chi connectivity index (χ4n) is 7.49. The van der Waals surface area contributed by atoms with Crippen LogP contribution in [0.2, 0.25) is 0 Å². The van der Waals surface area contributed by atoms with Crippen LogP contribution >= 0.6 is 0 Å². The van der Waals surface area contributed by atoms with Gasteiger partial charge in [0.05, 0.1) is 19.3 Å². The molecule has 1 unspecified atom stereocenters. The Labute approximate surface area is 153 Å². The topological polar surface area (TPSA) is 61.8 Å². The number of methoxy groups -OCH3 is 1. The summed E-state index contributed by atoms with van der Waals surface area (Å²) in [5.74, 6) is -0.154. The van der Waals surface area contributed by atoms with Crippen LogP contribution in [0.25, 0.3) is 0 Å². The number of carbonyl (C=O) groups is 1. The van der Waals surface area contributed by atoms with E-state index in [9.17, 15) is 9.90 Å². The van der Waals surface area contributed by atoms with Gasteiger partial charge in [0, 0.05) is 35.6 Å². The zero-order valence-corrected chi connectivity index (χ0v) is 15.1. The number of aliphatic hydroxyl groups is 1. The number of carbonyl (C=O) groups excluding carboxylic acids is 1. The van der Waals surface area contributed by atoms with Crippen LogP contribution in [0.3, 0.4) is 0 Å². The Morgan fingerprint density at radius 2 is 2.23 bits per heavy atom. The van der Waals surface area contributed by atoms with E-state index in [1.54, 1.807) is 0 Å². The van der Waals surface area contributed by atoms with Crippen LogP contribution in [0.15, 0.2) is 35.9 Å². The molecule has 8 atom stereocenters. The second-order valence-electron chi connectivity index (χ2n) is 8.65. The predicted molar refractivity (Wildman–Crippen MR) is 96.7 cm³/mol. The first-order valence-corrected chi connectivity index (χ1v) is 9.64. The Morgan fingerprint density at radius 3 is 3.00 bits per heavy atom. The molecule has 1 spiro atoms. The van der Waals surface area contributed by atoms with Gasteiger partial charge in [0.1, 0.15) is 5.41 Å². The molecule has 1 aromatic carbocycles. The van der Waals surface area contributed by atoms with E-state index in [0.717, 1.165) is 25.1 Å². The number of hydrogen-bond donors (Lipinski definition) is 2. The average Bonchev–Trinajstić information content (AvgIpc) is 3.13. The number of allylic oxidation sites excluding steroid dienone is 1. The largest absolute Gasteiger partial charge is 0.468 e. The maximum absolute atomic E-state index is 13.2. The quantitative estimate of drug-likeness (QED) is 0.595. The van der Waals surface area contributed by atoms with E-state index in [0.29, 0.717) is 6.04 Å². The van der Waals surface area contributed by atoms with E-state index in [4.69, 9.17) is 4.74 Å². The Bertz CT molecular complexity index is 867. The molecule has 2 N–H and O–H groups in total. The molecule has 7 rings (SSSR count). The summed E-state index contributed by atoms with van der Waals surface area (Å²) in [6.07, 6.45) is 3.15. The number of anilines is 1. The number of aliphatic hydroxyl groups excluding tert-OH is 1. The highest BCUT2D eigenvalue weighted by Gasteiger charge is 2.82. The normalized spacial score (nSPS) is 50.5. The number of fused-ring (bicyclic) bond motifs is 2. The maximum atomic E-state index is 13.2. The highest BCUT2D eigenvalue weighted by atomic mass is 16.5. The monoisotopic (exact) mass is 352 g/mol. The molecule has 1 aromatic rings. The highest BCUT2D eigenvalue weighted by molar-refractivity contribution is 5.84. The zero-order chi connectivity index (χ0) is 17.8. The van der Waals surface area contributed by atoms with Crippen LogP contribution in [0.4, 0.5) is 5.69 Å². The van der Waals surface area contributed by atoms with Gasteiger partial charge in [-0.1, -0.05) is 29.8 Å². The molecular formula is C21H24N2O3. The molecular weight excluding hydrogens is 328 g/mol. The minimum absolute atomic E-state index is 0.0570. The molecule has 0 radical (unpaired) electrons. The van der Waals surface area contributed by atoms with Crippen LogP contribution in [-0.4, -0.2) is 53.9 Å². The number of esters is 1. The van der Waals surface area contributed by atoms with Gasteiger partial charge in [-0.2, -0.15) is 0 Å². The summed E-state index contributed by atoms with van der Waals surface area (Å²) in [6.45, 7) is 2.96. The van der Waals surface area contributed by atoms with Crippen molar-refractivity contribution in [3.63, 3.8) is 0 Å². The van der Waals surface area contributed by atoms with Crippen LogP contribution in [-0.2, 0) is 14.9 Å². The third-order valence-corrected chi connectivity index (χ3v) is 8.30. The number of piperidine rings is 4. The number of hydrogen-bond acceptors (Lipinski definition) is 5. The van der Waals surface area contributed by atoms with Gasteiger partial charge in [-0.15, -0.1) is 0 Å². The van der Waals surface area contributed by atoms with Gasteiger partial charge in [-0.25, -0.2) is 0 Å². The molecule has 5 heteroatoms. The van der Waals surface area contributed by atoms with Gasteiger partial charge in [0.15, 0.2) is 0 Å². The van der Waals surface area contributed by atoms with Crippen molar-refractivity contribution in [3.05, 3.63) is 41.5 Å². The van der Waals surface area contributed by atoms with Gasteiger partial charge in [0.25, 0.3) is 0 Å². The lowest BCUT2D eigenvalue weighted by Crippen LogP contribution is -2.71. The fraction of sp³-hybridized carbons (Fsp3) is 0.571. The highest BCUT2D eigenvalue weighted by Crippen LogP contribution is 2.71. The van der Waals surface area contributed by atoms with Gasteiger partial charge in [-0.05, 0) is 31.4 Å². The number of ether oxygens (including phenoxy) is 1. The number of para-hydroxylation sites is 1. The fourth-order valence-corrected chi connectivity index (χ4v) is 7.49. The smallest absolute Gasteiger partial charge is 0.316 e. The lowest BCUT2D eigenvalue weighted by Gasteiger charge is -2.60. The Balaban J connectivity index is 1.65. The van der Waals surface area contributed by atoms with Crippen molar-refractivity contribution in [3.8, 4) is 0 Å². The molecule has 1 aliphatic carbocycles. The third kappa shape index (κ3) is 1.28. The van der Waals surface area contributed by atoms with Crippen molar-refractivity contribution < 1.29 is 14.6 Å². The van der Waals surface area contributed by atoms with Crippen LogP contribution in [0.1, 0.15) is 25.3 Å². The molecule has 5 aliphatic heterocycles. The number of nitrogens with zero attached hydrogens (tertiary/aromatic N) is 1. The summed E-state index contributed by atoms with van der Waals surface area (Å²) < 4.78 is 5.34. The first kappa shape index (κ1) is 15.2. The Hall–Kier alpha value is -1.85. The van der Waals surface area contributed by atoms with E-state index in [1.807, 2.05) is 12.1 Å². The molecule has 0 amide bonds. The number of benzene rings is 1. The predicted octanol–water partition coefficient (Wildman–Crippen LogP) is 1.68. The molecule has 6 aliphatic rings. The van der Waals surface area contributed by atoms with E-state index in [2.05, 4.69) is 35.3 Å². The van der Waals surface area contributed by atoms with E-state index in [-0.39, 0.29) is 24.0 Å². The maximum Gasteiger partial charge on any atom is 0.316 e. The van der Waals surface area contributed by atoms with Crippen molar-refractivity contribution in [2.24, 2.45) is 11.3 Å². The van der Waals surface area contributed by atoms with Gasteiger partial charge in [0.2, 0.25) is 0 Å². The molecule has 5 bridgehead atoms.